The average Bonchev–Trinajstić information content (AvgIpc) is 2.14. The second kappa shape index (κ2) is 4.57. The molecule has 14 heavy (non-hydrogen) atoms. The molecule has 0 saturated carbocycles. The van der Waals surface area contributed by atoms with Gasteiger partial charge in [0.15, 0.2) is 0 Å². The first-order chi connectivity index (χ1) is 6.53. The van der Waals surface area contributed by atoms with Gasteiger partial charge in [-0.15, -0.1) is 0 Å². The summed E-state index contributed by atoms with van der Waals surface area (Å²) in [5.41, 5.74) is 1.00. The molecule has 0 aliphatic carbocycles. The van der Waals surface area contributed by atoms with E-state index in [4.69, 9.17) is 0 Å². The summed E-state index contributed by atoms with van der Waals surface area (Å²) in [5.74, 6) is 0. The molecule has 0 aliphatic heterocycles. The zero-order valence-corrected chi connectivity index (χ0v) is 9.21. The van der Waals surface area contributed by atoms with Crippen molar-refractivity contribution in [1.82, 2.24) is 4.72 Å². The summed E-state index contributed by atoms with van der Waals surface area (Å²) in [6, 6.07) is 9.45. The summed E-state index contributed by atoms with van der Waals surface area (Å²) >= 11 is 0. The van der Waals surface area contributed by atoms with Crippen LogP contribution in [0.15, 0.2) is 30.3 Å². The second-order valence-corrected chi connectivity index (χ2v) is 5.04. The van der Waals surface area contributed by atoms with Gasteiger partial charge in [-0.3, -0.25) is 0 Å². The zero-order chi connectivity index (χ0) is 10.6. The molecule has 4 heteroatoms. The van der Waals surface area contributed by atoms with Crippen LogP contribution in [0.5, 0.6) is 0 Å². The van der Waals surface area contributed by atoms with Gasteiger partial charge in [-0.05, 0) is 12.0 Å². The van der Waals surface area contributed by atoms with Gasteiger partial charge in [-0.1, -0.05) is 37.3 Å². The van der Waals surface area contributed by atoms with Crippen LogP contribution >= 0.6 is 0 Å². The fourth-order valence-electron chi connectivity index (χ4n) is 1.33. The highest BCUT2D eigenvalue weighted by Gasteiger charge is 2.12. The van der Waals surface area contributed by atoms with E-state index in [1.165, 1.54) is 6.26 Å². The summed E-state index contributed by atoms with van der Waals surface area (Å²) in [6.45, 7) is 1.95. The highest BCUT2D eigenvalue weighted by Crippen LogP contribution is 2.16. The standard InChI is InChI=1S/C10H15NO2S/c1-3-10(11-14(2,12)13)9-7-5-4-6-8-9/h4-8,10-11H,3H2,1-2H3/t10-/m0/s1. The smallest absolute Gasteiger partial charge is 0.209 e. The van der Waals surface area contributed by atoms with E-state index in [1.54, 1.807) is 0 Å². The molecule has 1 aromatic rings. The SMILES string of the molecule is CC[C@H](NS(C)(=O)=O)c1ccccc1. The van der Waals surface area contributed by atoms with Crippen LogP contribution in [-0.4, -0.2) is 14.7 Å². The minimum absolute atomic E-state index is 0.119. The first kappa shape index (κ1) is 11.2. The van der Waals surface area contributed by atoms with E-state index in [-0.39, 0.29) is 6.04 Å². The third-order valence-corrected chi connectivity index (χ3v) is 2.68. The summed E-state index contributed by atoms with van der Waals surface area (Å²) in [4.78, 5) is 0. The molecule has 0 saturated heterocycles. The van der Waals surface area contributed by atoms with Crippen molar-refractivity contribution >= 4 is 10.0 Å². The van der Waals surface area contributed by atoms with Crippen LogP contribution < -0.4 is 4.72 Å². The van der Waals surface area contributed by atoms with Gasteiger partial charge in [-0.25, -0.2) is 13.1 Å². The number of sulfonamides is 1. The van der Waals surface area contributed by atoms with Crippen molar-refractivity contribution in [3.05, 3.63) is 35.9 Å². The number of hydrogen-bond donors (Lipinski definition) is 1. The maximum Gasteiger partial charge on any atom is 0.209 e. The van der Waals surface area contributed by atoms with E-state index in [2.05, 4.69) is 4.72 Å². The van der Waals surface area contributed by atoms with E-state index in [0.29, 0.717) is 0 Å². The number of nitrogens with one attached hydrogen (secondary N) is 1. The summed E-state index contributed by atoms with van der Waals surface area (Å²) < 4.78 is 24.7. The Morgan fingerprint density at radius 1 is 1.29 bits per heavy atom. The Morgan fingerprint density at radius 3 is 2.29 bits per heavy atom. The molecule has 3 nitrogen and oxygen atoms in total. The van der Waals surface area contributed by atoms with Gasteiger partial charge < -0.3 is 0 Å². The Kier molecular flexibility index (Phi) is 3.66. The van der Waals surface area contributed by atoms with E-state index in [0.717, 1.165) is 12.0 Å². The lowest BCUT2D eigenvalue weighted by Gasteiger charge is -2.15. The van der Waals surface area contributed by atoms with Crippen molar-refractivity contribution in [2.45, 2.75) is 19.4 Å². The van der Waals surface area contributed by atoms with Crippen molar-refractivity contribution in [3.8, 4) is 0 Å². The van der Waals surface area contributed by atoms with E-state index in [1.807, 2.05) is 37.3 Å². The molecular weight excluding hydrogens is 198 g/mol. The number of hydrogen-bond acceptors (Lipinski definition) is 2. The molecule has 0 heterocycles. The quantitative estimate of drug-likeness (QED) is 0.827. The Bertz CT molecular complexity index is 372. The van der Waals surface area contributed by atoms with Gasteiger partial charge >= 0.3 is 0 Å². The molecule has 0 radical (unpaired) electrons. The van der Waals surface area contributed by atoms with Crippen LogP contribution in [-0.2, 0) is 10.0 Å². The molecule has 1 N–H and O–H groups in total. The maximum atomic E-state index is 11.1. The molecule has 0 spiro atoms. The number of benzene rings is 1. The van der Waals surface area contributed by atoms with Crippen LogP contribution in [0.4, 0.5) is 0 Å². The minimum Gasteiger partial charge on any atom is -0.213 e. The van der Waals surface area contributed by atoms with Gasteiger partial charge in [0, 0.05) is 6.04 Å². The molecule has 0 amide bonds. The lowest BCUT2D eigenvalue weighted by molar-refractivity contribution is 0.555. The normalized spacial score (nSPS) is 13.9. The predicted octanol–water partition coefficient (Wildman–Crippen LogP) is 1.69. The molecule has 1 atom stereocenters. The third kappa shape index (κ3) is 3.47. The predicted molar refractivity (Wildman–Crippen MR) is 57.5 cm³/mol. The highest BCUT2D eigenvalue weighted by molar-refractivity contribution is 7.88. The van der Waals surface area contributed by atoms with Crippen molar-refractivity contribution in [2.24, 2.45) is 0 Å². The third-order valence-electron chi connectivity index (χ3n) is 1.97. The largest absolute Gasteiger partial charge is 0.213 e. The molecule has 0 bridgehead atoms. The minimum atomic E-state index is -3.13. The maximum absolute atomic E-state index is 11.1. The van der Waals surface area contributed by atoms with Crippen LogP contribution in [0.1, 0.15) is 24.9 Å². The highest BCUT2D eigenvalue weighted by atomic mass is 32.2. The monoisotopic (exact) mass is 213 g/mol. The van der Waals surface area contributed by atoms with Gasteiger partial charge in [0.25, 0.3) is 0 Å². The van der Waals surface area contributed by atoms with Crippen molar-refractivity contribution < 1.29 is 8.42 Å². The fourth-order valence-corrected chi connectivity index (χ4v) is 2.15. The van der Waals surface area contributed by atoms with Crippen LogP contribution in [0.3, 0.4) is 0 Å². The fraction of sp³-hybridized carbons (Fsp3) is 0.400. The lowest BCUT2D eigenvalue weighted by Crippen LogP contribution is -2.26. The van der Waals surface area contributed by atoms with Crippen LogP contribution in [0, 0.1) is 0 Å². The number of rotatable bonds is 4. The van der Waals surface area contributed by atoms with Crippen molar-refractivity contribution in [3.63, 3.8) is 0 Å². The van der Waals surface area contributed by atoms with Gasteiger partial charge in [0.1, 0.15) is 0 Å². The molecular formula is C10H15NO2S. The van der Waals surface area contributed by atoms with Gasteiger partial charge in [0.05, 0.1) is 6.26 Å². The van der Waals surface area contributed by atoms with Crippen LogP contribution in [0.2, 0.25) is 0 Å². The molecule has 0 aromatic heterocycles. The first-order valence-electron chi connectivity index (χ1n) is 4.55. The Hall–Kier alpha value is -0.870. The van der Waals surface area contributed by atoms with Crippen molar-refractivity contribution in [1.29, 1.82) is 0 Å². The Balaban J connectivity index is 2.84. The summed E-state index contributed by atoms with van der Waals surface area (Å²) in [6.07, 6.45) is 1.93. The average molecular weight is 213 g/mol. The zero-order valence-electron chi connectivity index (χ0n) is 8.40. The van der Waals surface area contributed by atoms with Crippen molar-refractivity contribution in [2.75, 3.05) is 6.26 Å². The second-order valence-electron chi connectivity index (χ2n) is 3.26. The summed E-state index contributed by atoms with van der Waals surface area (Å²) in [5, 5.41) is 0. The van der Waals surface area contributed by atoms with E-state index < -0.39 is 10.0 Å². The molecule has 78 valence electrons. The van der Waals surface area contributed by atoms with E-state index in [9.17, 15) is 8.42 Å². The summed E-state index contributed by atoms with van der Waals surface area (Å²) in [7, 11) is -3.13. The topological polar surface area (TPSA) is 46.2 Å². The van der Waals surface area contributed by atoms with Gasteiger partial charge in [0.2, 0.25) is 10.0 Å². The molecule has 0 fully saturated rings. The first-order valence-corrected chi connectivity index (χ1v) is 6.44. The lowest BCUT2D eigenvalue weighted by atomic mass is 10.1. The Morgan fingerprint density at radius 2 is 1.86 bits per heavy atom. The molecule has 0 aliphatic rings. The Labute approximate surface area is 85.2 Å². The van der Waals surface area contributed by atoms with Gasteiger partial charge in [-0.2, -0.15) is 0 Å². The molecule has 1 rings (SSSR count). The molecule has 0 unspecified atom stereocenters. The van der Waals surface area contributed by atoms with Crippen LogP contribution in [0.25, 0.3) is 0 Å². The van der Waals surface area contributed by atoms with E-state index >= 15 is 0 Å². The molecule has 1 aromatic carbocycles.